The van der Waals surface area contributed by atoms with Crippen LogP contribution in [0.25, 0.3) is 0 Å². The number of halogens is 1. The molecule has 1 unspecified atom stereocenters. The number of benzene rings is 1. The zero-order valence-electron chi connectivity index (χ0n) is 12.4. The third-order valence-electron chi connectivity index (χ3n) is 4.07. The molecule has 1 saturated heterocycles. The molecule has 2 heterocycles. The molecule has 2 aromatic rings. The molecule has 0 spiro atoms. The maximum Gasteiger partial charge on any atom is 0.146 e. The predicted molar refractivity (Wildman–Crippen MR) is 84.2 cm³/mol. The highest BCUT2D eigenvalue weighted by Crippen LogP contribution is 2.21. The number of aliphatic hydroxyl groups is 1. The summed E-state index contributed by atoms with van der Waals surface area (Å²) in [4.78, 5) is 8.29. The summed E-state index contributed by atoms with van der Waals surface area (Å²) in [5, 5.41) is 10.2. The predicted octanol–water partition coefficient (Wildman–Crippen LogP) is 2.08. The fraction of sp³-hybridized carbons (Fsp3) is 0.353. The minimum Gasteiger partial charge on any atom is -0.387 e. The second kappa shape index (κ2) is 6.85. The van der Waals surface area contributed by atoms with Crippen LogP contribution in [0.3, 0.4) is 0 Å². The van der Waals surface area contributed by atoms with Gasteiger partial charge in [0.15, 0.2) is 0 Å². The molecule has 1 aliphatic rings. The van der Waals surface area contributed by atoms with Crippen molar-refractivity contribution >= 4 is 5.69 Å². The summed E-state index contributed by atoms with van der Waals surface area (Å²) in [5.41, 5.74) is 1.49. The van der Waals surface area contributed by atoms with E-state index in [0.29, 0.717) is 12.2 Å². The number of hydrogen-bond acceptors (Lipinski definition) is 4. The minimum atomic E-state index is -0.534. The molecule has 116 valence electrons. The average Bonchev–Trinajstić information content (AvgIpc) is 2.57. The number of piperazine rings is 1. The highest BCUT2D eigenvalue weighted by molar-refractivity contribution is 5.48. The first kappa shape index (κ1) is 14.9. The molecule has 1 atom stereocenters. The van der Waals surface area contributed by atoms with Crippen molar-refractivity contribution < 1.29 is 9.50 Å². The maximum absolute atomic E-state index is 13.8. The molecule has 1 fully saturated rings. The van der Waals surface area contributed by atoms with Gasteiger partial charge < -0.3 is 10.0 Å². The zero-order valence-corrected chi connectivity index (χ0v) is 12.4. The first-order valence-electron chi connectivity index (χ1n) is 7.54. The third-order valence-corrected chi connectivity index (χ3v) is 4.07. The summed E-state index contributed by atoms with van der Waals surface area (Å²) in [6.45, 7) is 3.73. The van der Waals surface area contributed by atoms with E-state index in [1.54, 1.807) is 18.5 Å². The Kier molecular flexibility index (Phi) is 4.65. The Balaban J connectivity index is 1.55. The molecule has 1 aliphatic heterocycles. The van der Waals surface area contributed by atoms with Crippen LogP contribution in [0.5, 0.6) is 0 Å². The summed E-state index contributed by atoms with van der Waals surface area (Å²) >= 11 is 0. The number of nitrogens with zero attached hydrogens (tertiary/aromatic N) is 3. The van der Waals surface area contributed by atoms with E-state index >= 15 is 0 Å². The Hall–Kier alpha value is -1.98. The van der Waals surface area contributed by atoms with Crippen LogP contribution in [0.4, 0.5) is 10.1 Å². The van der Waals surface area contributed by atoms with E-state index in [4.69, 9.17) is 0 Å². The highest BCUT2D eigenvalue weighted by Gasteiger charge is 2.21. The van der Waals surface area contributed by atoms with Crippen LogP contribution in [-0.2, 0) is 0 Å². The van der Waals surface area contributed by atoms with Gasteiger partial charge in [-0.25, -0.2) is 4.39 Å². The molecule has 4 nitrogen and oxygen atoms in total. The van der Waals surface area contributed by atoms with Gasteiger partial charge in [-0.2, -0.15) is 0 Å². The Morgan fingerprint density at radius 2 is 1.86 bits per heavy atom. The van der Waals surface area contributed by atoms with E-state index in [1.165, 1.54) is 6.07 Å². The minimum absolute atomic E-state index is 0.175. The Bertz CT molecular complexity index is 600. The van der Waals surface area contributed by atoms with Gasteiger partial charge in [-0.15, -0.1) is 0 Å². The maximum atomic E-state index is 13.8. The molecule has 1 N–H and O–H groups in total. The molecule has 0 radical (unpaired) electrons. The molecule has 3 rings (SSSR count). The SMILES string of the molecule is OC(CN1CCN(c2ccccc2F)CC1)c1cccnc1. The van der Waals surface area contributed by atoms with Crippen molar-refractivity contribution in [1.82, 2.24) is 9.88 Å². The molecular formula is C17H20FN3O. The number of hydrogen-bond donors (Lipinski definition) is 1. The van der Waals surface area contributed by atoms with Crippen molar-refractivity contribution in [2.24, 2.45) is 0 Å². The van der Waals surface area contributed by atoms with E-state index in [0.717, 1.165) is 31.7 Å². The molecule has 0 saturated carbocycles. The number of rotatable bonds is 4. The van der Waals surface area contributed by atoms with Crippen molar-refractivity contribution in [1.29, 1.82) is 0 Å². The third kappa shape index (κ3) is 3.43. The molecule has 22 heavy (non-hydrogen) atoms. The summed E-state index contributed by atoms with van der Waals surface area (Å²) < 4.78 is 13.8. The second-order valence-corrected chi connectivity index (χ2v) is 5.54. The van der Waals surface area contributed by atoms with Crippen LogP contribution in [0, 0.1) is 5.82 Å². The number of pyridine rings is 1. The molecule has 1 aromatic heterocycles. The van der Waals surface area contributed by atoms with E-state index in [-0.39, 0.29) is 5.82 Å². The van der Waals surface area contributed by atoms with Gasteiger partial charge in [-0.1, -0.05) is 18.2 Å². The number of aromatic nitrogens is 1. The topological polar surface area (TPSA) is 39.6 Å². The standard InChI is InChI=1S/C17H20FN3O/c18-15-5-1-2-6-16(15)21-10-8-20(9-11-21)13-17(22)14-4-3-7-19-12-14/h1-7,12,17,22H,8-11,13H2. The van der Waals surface area contributed by atoms with Crippen LogP contribution in [0.1, 0.15) is 11.7 Å². The van der Waals surface area contributed by atoms with E-state index in [1.807, 2.05) is 24.3 Å². The Morgan fingerprint density at radius 1 is 1.09 bits per heavy atom. The average molecular weight is 301 g/mol. The van der Waals surface area contributed by atoms with Crippen molar-refractivity contribution in [3.05, 3.63) is 60.2 Å². The summed E-state index contributed by atoms with van der Waals surface area (Å²) in [6.07, 6.45) is 2.86. The lowest BCUT2D eigenvalue weighted by molar-refractivity contribution is 0.109. The number of anilines is 1. The van der Waals surface area contributed by atoms with Gasteiger partial charge >= 0.3 is 0 Å². The van der Waals surface area contributed by atoms with Crippen LogP contribution < -0.4 is 4.90 Å². The van der Waals surface area contributed by atoms with Crippen LogP contribution >= 0.6 is 0 Å². The number of para-hydroxylation sites is 1. The molecule has 0 bridgehead atoms. The molecule has 5 heteroatoms. The van der Waals surface area contributed by atoms with Crippen molar-refractivity contribution in [2.45, 2.75) is 6.10 Å². The summed E-state index contributed by atoms with van der Waals surface area (Å²) in [5.74, 6) is -0.175. The van der Waals surface area contributed by atoms with Gasteiger partial charge in [0.1, 0.15) is 5.82 Å². The normalized spacial score (nSPS) is 17.5. The lowest BCUT2D eigenvalue weighted by Gasteiger charge is -2.37. The first-order valence-corrected chi connectivity index (χ1v) is 7.54. The summed E-state index contributed by atoms with van der Waals surface area (Å²) in [6, 6.07) is 10.6. The van der Waals surface area contributed by atoms with Gasteiger partial charge in [0.05, 0.1) is 11.8 Å². The van der Waals surface area contributed by atoms with Gasteiger partial charge in [0, 0.05) is 50.7 Å². The monoisotopic (exact) mass is 301 g/mol. The molecule has 1 aromatic carbocycles. The fourth-order valence-corrected chi connectivity index (χ4v) is 2.80. The lowest BCUT2D eigenvalue weighted by Crippen LogP contribution is -2.47. The molecule has 0 aliphatic carbocycles. The Labute approximate surface area is 129 Å². The lowest BCUT2D eigenvalue weighted by atomic mass is 10.1. The quantitative estimate of drug-likeness (QED) is 0.938. The number of β-amino-alcohol motifs (C(OH)–C–C–N with tert-alkyl or cyclic N) is 1. The summed E-state index contributed by atoms with van der Waals surface area (Å²) in [7, 11) is 0. The van der Waals surface area contributed by atoms with Crippen LogP contribution in [-0.4, -0.2) is 47.7 Å². The van der Waals surface area contributed by atoms with Crippen molar-refractivity contribution in [3.8, 4) is 0 Å². The highest BCUT2D eigenvalue weighted by atomic mass is 19.1. The van der Waals surface area contributed by atoms with Gasteiger partial charge in [0.2, 0.25) is 0 Å². The van der Waals surface area contributed by atoms with Crippen LogP contribution in [0.15, 0.2) is 48.8 Å². The first-order chi connectivity index (χ1) is 10.7. The zero-order chi connectivity index (χ0) is 15.4. The molecule has 0 amide bonds. The van der Waals surface area contributed by atoms with Crippen molar-refractivity contribution in [2.75, 3.05) is 37.6 Å². The molecular weight excluding hydrogens is 281 g/mol. The van der Waals surface area contributed by atoms with E-state index in [2.05, 4.69) is 14.8 Å². The smallest absolute Gasteiger partial charge is 0.146 e. The second-order valence-electron chi connectivity index (χ2n) is 5.54. The van der Waals surface area contributed by atoms with Crippen molar-refractivity contribution in [3.63, 3.8) is 0 Å². The van der Waals surface area contributed by atoms with Gasteiger partial charge in [-0.05, 0) is 18.2 Å². The van der Waals surface area contributed by atoms with E-state index < -0.39 is 6.10 Å². The Morgan fingerprint density at radius 3 is 2.55 bits per heavy atom. The van der Waals surface area contributed by atoms with Crippen LogP contribution in [0.2, 0.25) is 0 Å². The largest absolute Gasteiger partial charge is 0.387 e. The van der Waals surface area contributed by atoms with Gasteiger partial charge in [-0.3, -0.25) is 9.88 Å². The fourth-order valence-electron chi connectivity index (χ4n) is 2.80. The van der Waals surface area contributed by atoms with E-state index in [9.17, 15) is 9.50 Å². The number of aliphatic hydroxyl groups excluding tert-OH is 1. The van der Waals surface area contributed by atoms with Gasteiger partial charge in [0.25, 0.3) is 0 Å².